The molecule has 0 saturated carbocycles. The van der Waals surface area contributed by atoms with Gasteiger partial charge in [-0.25, -0.2) is 0 Å². The Labute approximate surface area is 263 Å². The Hall–Kier alpha value is -4.68. The fraction of sp³-hybridized carbons (Fsp3) is 0.394. The van der Waals surface area contributed by atoms with Crippen LogP contribution in [0.4, 0.5) is 11.4 Å². The SMILES string of the molecule is C.CCC1C=Nc2cc(O[NH+]3CCN(C(=O)c4ccc(Oc5ccc(OC)cc5)c([N+](=O)[O-])c4)CC3)c(OC)cc2CN1CC. The molecule has 1 atom stereocenters. The topological polar surface area (TPSA) is 120 Å². The highest BCUT2D eigenvalue weighted by molar-refractivity contribution is 5.95. The molecule has 240 valence electrons. The predicted octanol–water partition coefficient (Wildman–Crippen LogP) is 4.69. The number of nitrogens with zero attached hydrogens (tertiary/aromatic N) is 4. The van der Waals surface area contributed by atoms with E-state index in [0.29, 0.717) is 49.2 Å². The number of hydrogen-bond acceptors (Lipinski definition) is 9. The van der Waals surface area contributed by atoms with Crippen molar-refractivity contribution in [1.82, 2.24) is 9.80 Å². The number of methoxy groups -OCH3 is 2. The van der Waals surface area contributed by atoms with Crippen LogP contribution in [0.15, 0.2) is 59.6 Å². The molecule has 3 aromatic rings. The number of nitro groups is 1. The third-order valence-electron chi connectivity index (χ3n) is 7.97. The number of carbonyl (C=O) groups is 1. The van der Waals surface area contributed by atoms with Crippen molar-refractivity contribution in [2.24, 2.45) is 4.99 Å². The molecule has 1 fully saturated rings. The first-order valence-electron chi connectivity index (χ1n) is 14.7. The molecular weight excluding hydrogens is 578 g/mol. The minimum Gasteiger partial charge on any atom is -0.497 e. The smallest absolute Gasteiger partial charge is 0.312 e. The molecule has 1 saturated heterocycles. The van der Waals surface area contributed by atoms with Crippen LogP contribution in [0.5, 0.6) is 28.7 Å². The van der Waals surface area contributed by atoms with Crippen molar-refractivity contribution in [3.05, 3.63) is 75.8 Å². The molecule has 5 rings (SSSR count). The van der Waals surface area contributed by atoms with Crippen LogP contribution in [0.2, 0.25) is 0 Å². The summed E-state index contributed by atoms with van der Waals surface area (Å²) in [5, 5.41) is 12.7. The summed E-state index contributed by atoms with van der Waals surface area (Å²) >= 11 is 0. The lowest BCUT2D eigenvalue weighted by molar-refractivity contribution is -1.06. The molecule has 12 nitrogen and oxygen atoms in total. The maximum atomic E-state index is 13.3. The van der Waals surface area contributed by atoms with Crippen LogP contribution in [0.1, 0.15) is 43.6 Å². The van der Waals surface area contributed by atoms with Crippen molar-refractivity contribution in [2.45, 2.75) is 40.3 Å². The zero-order chi connectivity index (χ0) is 31.2. The van der Waals surface area contributed by atoms with Crippen LogP contribution in [0.25, 0.3) is 0 Å². The molecule has 1 amide bonds. The van der Waals surface area contributed by atoms with Gasteiger partial charge >= 0.3 is 5.69 Å². The Balaban J connectivity index is 0.00000461. The Morgan fingerprint density at radius 1 is 0.978 bits per heavy atom. The van der Waals surface area contributed by atoms with E-state index < -0.39 is 4.92 Å². The van der Waals surface area contributed by atoms with E-state index in [9.17, 15) is 14.9 Å². The van der Waals surface area contributed by atoms with Crippen molar-refractivity contribution in [3.8, 4) is 28.7 Å². The van der Waals surface area contributed by atoms with Gasteiger partial charge in [0, 0.05) is 36.5 Å². The van der Waals surface area contributed by atoms with Crippen molar-refractivity contribution in [2.75, 3.05) is 46.9 Å². The minimum atomic E-state index is -0.550. The second-order valence-electron chi connectivity index (χ2n) is 10.6. The highest BCUT2D eigenvalue weighted by Gasteiger charge is 2.29. The van der Waals surface area contributed by atoms with Gasteiger partial charge < -0.3 is 23.9 Å². The Bertz CT molecular complexity index is 1520. The van der Waals surface area contributed by atoms with Gasteiger partial charge in [-0.1, -0.05) is 21.3 Å². The molecule has 0 aliphatic carbocycles. The van der Waals surface area contributed by atoms with E-state index in [0.717, 1.165) is 35.8 Å². The van der Waals surface area contributed by atoms with Crippen LogP contribution in [-0.2, 0) is 6.54 Å². The number of nitrogens with one attached hydrogen (secondary N) is 1. The number of quaternary nitrogens is 1. The van der Waals surface area contributed by atoms with Gasteiger partial charge in [-0.3, -0.25) is 24.8 Å². The minimum absolute atomic E-state index is 0. The van der Waals surface area contributed by atoms with E-state index in [1.165, 1.54) is 12.1 Å². The van der Waals surface area contributed by atoms with Gasteiger partial charge in [-0.05, 0) is 61.0 Å². The highest BCUT2D eigenvalue weighted by Crippen LogP contribution is 2.37. The standard InChI is InChI=1S/C32H37N5O7.CH4/c1-5-24-20-33-27-19-31(30(42-4)18-23(27)21-34(24)6-2)44-36-15-13-35(14-16-36)32(38)22-7-12-29(28(17-22)37(39)40)43-26-10-8-25(41-3)9-11-26;/h7-12,17-20,24H,5-6,13-16,21H2,1-4H3;1H4/p+1. The fourth-order valence-electron chi connectivity index (χ4n) is 5.43. The number of amides is 1. The van der Waals surface area contributed by atoms with E-state index in [1.807, 2.05) is 18.3 Å². The van der Waals surface area contributed by atoms with E-state index in [-0.39, 0.29) is 36.4 Å². The summed E-state index contributed by atoms with van der Waals surface area (Å²) in [6.07, 6.45) is 2.98. The maximum absolute atomic E-state index is 13.3. The average Bonchev–Trinajstić information content (AvgIpc) is 3.23. The molecule has 0 bridgehead atoms. The van der Waals surface area contributed by atoms with Crippen LogP contribution >= 0.6 is 0 Å². The van der Waals surface area contributed by atoms with Crippen LogP contribution in [-0.4, -0.2) is 79.8 Å². The first-order valence-corrected chi connectivity index (χ1v) is 14.7. The third kappa shape index (κ3) is 7.52. The Kier molecular flexibility index (Phi) is 11.0. The molecule has 2 aliphatic rings. The van der Waals surface area contributed by atoms with Crippen molar-refractivity contribution in [3.63, 3.8) is 0 Å². The maximum Gasteiger partial charge on any atom is 0.312 e. The van der Waals surface area contributed by atoms with Crippen molar-refractivity contribution < 1.29 is 33.8 Å². The summed E-state index contributed by atoms with van der Waals surface area (Å²) < 4.78 is 16.6. The molecular formula is C33H42N5O7+. The lowest BCUT2D eigenvalue weighted by Crippen LogP contribution is -3.16. The van der Waals surface area contributed by atoms with Gasteiger partial charge in [-0.15, -0.1) is 5.06 Å². The molecule has 1 N–H and O–H groups in total. The van der Waals surface area contributed by atoms with Gasteiger partial charge in [0.05, 0.1) is 37.9 Å². The number of piperazine rings is 1. The van der Waals surface area contributed by atoms with Crippen molar-refractivity contribution >= 4 is 23.5 Å². The number of rotatable bonds is 10. The largest absolute Gasteiger partial charge is 0.497 e. The highest BCUT2D eigenvalue weighted by atomic mass is 16.7. The van der Waals surface area contributed by atoms with Gasteiger partial charge in [0.2, 0.25) is 11.5 Å². The lowest BCUT2D eigenvalue weighted by atomic mass is 10.1. The van der Waals surface area contributed by atoms with Gasteiger partial charge in [0.1, 0.15) is 24.6 Å². The molecule has 45 heavy (non-hydrogen) atoms. The molecule has 3 aromatic carbocycles. The number of hydroxylamine groups is 2. The number of hydrogen-bond donors (Lipinski definition) is 1. The molecule has 1 unspecified atom stereocenters. The molecule has 0 spiro atoms. The van der Waals surface area contributed by atoms with Crippen molar-refractivity contribution in [1.29, 1.82) is 0 Å². The number of benzene rings is 3. The summed E-state index contributed by atoms with van der Waals surface area (Å²) in [4.78, 5) is 39.8. The van der Waals surface area contributed by atoms with E-state index in [2.05, 4.69) is 18.7 Å². The average molecular weight is 621 g/mol. The van der Waals surface area contributed by atoms with Gasteiger partial charge in [-0.2, -0.15) is 0 Å². The number of ether oxygens (including phenoxy) is 3. The molecule has 0 aromatic heterocycles. The van der Waals surface area contributed by atoms with E-state index in [4.69, 9.17) is 24.0 Å². The summed E-state index contributed by atoms with van der Waals surface area (Å²) in [5.41, 5.74) is 1.89. The zero-order valence-corrected chi connectivity index (χ0v) is 25.4. The van der Waals surface area contributed by atoms with Crippen LogP contribution in [0.3, 0.4) is 0 Å². The number of aliphatic imine (C=N–C) groups is 1. The second-order valence-corrected chi connectivity index (χ2v) is 10.6. The van der Waals surface area contributed by atoms with Gasteiger partial charge in [0.25, 0.3) is 5.91 Å². The van der Waals surface area contributed by atoms with E-state index >= 15 is 0 Å². The quantitative estimate of drug-likeness (QED) is 0.256. The van der Waals surface area contributed by atoms with Gasteiger partial charge in [0.15, 0.2) is 5.75 Å². The molecule has 0 radical (unpaired) electrons. The monoisotopic (exact) mass is 620 g/mol. The lowest BCUT2D eigenvalue weighted by Gasteiger charge is -2.31. The normalized spacial score (nSPS) is 16.6. The second kappa shape index (κ2) is 14.9. The number of carbonyl (C=O) groups excluding carboxylic acids is 1. The summed E-state index contributed by atoms with van der Waals surface area (Å²) in [7, 11) is 3.17. The molecule has 2 aliphatic heterocycles. The van der Waals surface area contributed by atoms with Crippen LogP contribution in [0, 0.1) is 10.1 Å². The number of fused-ring (bicyclic) bond motifs is 1. The zero-order valence-electron chi connectivity index (χ0n) is 25.4. The summed E-state index contributed by atoms with van der Waals surface area (Å²) in [6, 6.07) is 15.2. The molecule has 2 heterocycles. The summed E-state index contributed by atoms with van der Waals surface area (Å²) in [5.74, 6) is 2.05. The first kappa shape index (κ1) is 33.2. The molecule has 12 heteroatoms. The third-order valence-corrected chi connectivity index (χ3v) is 7.97. The first-order chi connectivity index (χ1) is 21.3. The Morgan fingerprint density at radius 3 is 2.31 bits per heavy atom. The van der Waals surface area contributed by atoms with Crippen LogP contribution < -0.4 is 24.1 Å². The van der Waals surface area contributed by atoms with E-state index in [1.54, 1.807) is 49.5 Å². The fourth-order valence-corrected chi connectivity index (χ4v) is 5.43. The summed E-state index contributed by atoms with van der Waals surface area (Å²) in [6.45, 7) is 7.90. The predicted molar refractivity (Wildman–Crippen MR) is 171 cm³/mol. The number of nitro benzene ring substituents is 1. The Morgan fingerprint density at radius 2 is 1.69 bits per heavy atom.